The number of carbonyl (C=O) groups is 3. The van der Waals surface area contributed by atoms with E-state index in [9.17, 15) is 14.4 Å². The molecule has 1 aliphatic rings. The van der Waals surface area contributed by atoms with Crippen LogP contribution in [-0.2, 0) is 4.79 Å². The van der Waals surface area contributed by atoms with Gasteiger partial charge in [0.2, 0.25) is 5.91 Å². The lowest BCUT2D eigenvalue weighted by molar-refractivity contribution is -0.113. The largest absolute Gasteiger partial charge is 0.339 e. The topological polar surface area (TPSA) is 91.4 Å². The van der Waals surface area contributed by atoms with E-state index >= 15 is 0 Å². The first-order chi connectivity index (χ1) is 18.4. The second-order valence-electron chi connectivity index (χ2n) is 8.96. The molecule has 0 bridgehead atoms. The summed E-state index contributed by atoms with van der Waals surface area (Å²) in [6.45, 7) is 3.35. The zero-order chi connectivity index (χ0) is 26.6. The second-order valence-corrected chi connectivity index (χ2v) is 11.6. The Bertz CT molecular complexity index is 1530. The molecule has 3 amide bonds. The van der Waals surface area contributed by atoms with E-state index in [1.165, 1.54) is 23.1 Å². The van der Waals surface area contributed by atoms with Gasteiger partial charge in [0.15, 0.2) is 4.34 Å². The van der Waals surface area contributed by atoms with Gasteiger partial charge >= 0.3 is 0 Å². The molecule has 38 heavy (non-hydrogen) atoms. The number of hydrogen-bond acceptors (Lipinski definition) is 6. The molecule has 2 heterocycles. The summed E-state index contributed by atoms with van der Waals surface area (Å²) in [5, 5.41) is 6.37. The Kier molecular flexibility index (Phi) is 7.97. The van der Waals surface area contributed by atoms with E-state index in [2.05, 4.69) is 15.6 Å². The Morgan fingerprint density at radius 1 is 0.974 bits per heavy atom. The molecule has 3 aromatic carbocycles. The third-order valence-electron chi connectivity index (χ3n) is 6.20. The van der Waals surface area contributed by atoms with Crippen molar-refractivity contribution in [3.05, 3.63) is 82.4 Å². The maximum atomic E-state index is 13.1. The van der Waals surface area contributed by atoms with Crippen molar-refractivity contribution in [2.75, 3.05) is 29.5 Å². The summed E-state index contributed by atoms with van der Waals surface area (Å²) in [6, 6.07) is 17.8. The SMILES string of the molecule is Cc1ccc(NC(=O)CSc2nc3ccc(NC(=O)c4ccccc4C(=O)N4CCCC4)cc3s2)cc1Cl. The van der Waals surface area contributed by atoms with Gasteiger partial charge in [-0.2, -0.15) is 0 Å². The number of nitrogens with zero attached hydrogens (tertiary/aromatic N) is 2. The number of aromatic nitrogens is 1. The first kappa shape index (κ1) is 26.2. The molecule has 1 aliphatic heterocycles. The minimum Gasteiger partial charge on any atom is -0.339 e. The van der Waals surface area contributed by atoms with Crippen LogP contribution in [0.25, 0.3) is 10.2 Å². The molecular formula is C28H25ClN4O3S2. The van der Waals surface area contributed by atoms with Crippen LogP contribution in [0.4, 0.5) is 11.4 Å². The Labute approximate surface area is 233 Å². The summed E-state index contributed by atoms with van der Waals surface area (Å²) in [5.41, 5.74) is 3.76. The third-order valence-corrected chi connectivity index (χ3v) is 8.77. The fraction of sp³-hybridized carbons (Fsp3) is 0.214. The lowest BCUT2D eigenvalue weighted by Gasteiger charge is -2.17. The Hall–Kier alpha value is -3.40. The minimum atomic E-state index is -0.334. The second kappa shape index (κ2) is 11.6. The Balaban J connectivity index is 1.23. The number of anilines is 2. The van der Waals surface area contributed by atoms with Gasteiger partial charge in [-0.3, -0.25) is 14.4 Å². The molecule has 0 atom stereocenters. The molecule has 0 radical (unpaired) electrons. The Morgan fingerprint density at radius 3 is 2.45 bits per heavy atom. The van der Waals surface area contributed by atoms with Crippen LogP contribution in [0.15, 0.2) is 65.0 Å². The molecule has 194 valence electrons. The highest BCUT2D eigenvalue weighted by Crippen LogP contribution is 2.32. The molecule has 0 unspecified atom stereocenters. The number of carbonyl (C=O) groups excluding carboxylic acids is 3. The van der Waals surface area contributed by atoms with Crippen LogP contribution in [0.1, 0.15) is 39.1 Å². The van der Waals surface area contributed by atoms with E-state index in [-0.39, 0.29) is 23.5 Å². The smallest absolute Gasteiger partial charge is 0.256 e. The number of halogens is 1. The predicted octanol–water partition coefficient (Wildman–Crippen LogP) is 6.48. The van der Waals surface area contributed by atoms with E-state index in [0.29, 0.717) is 27.5 Å². The maximum absolute atomic E-state index is 13.1. The van der Waals surface area contributed by atoms with Crippen molar-refractivity contribution in [2.24, 2.45) is 0 Å². The van der Waals surface area contributed by atoms with Crippen molar-refractivity contribution in [3.63, 3.8) is 0 Å². The van der Waals surface area contributed by atoms with Crippen LogP contribution in [0, 0.1) is 6.92 Å². The van der Waals surface area contributed by atoms with Gasteiger partial charge in [0.1, 0.15) is 0 Å². The average Bonchev–Trinajstić information content (AvgIpc) is 3.59. The van der Waals surface area contributed by atoms with Crippen LogP contribution in [-0.4, -0.2) is 46.4 Å². The number of rotatable bonds is 7. The molecule has 0 saturated carbocycles. The number of likely N-dealkylation sites (tertiary alicyclic amines) is 1. The highest BCUT2D eigenvalue weighted by molar-refractivity contribution is 8.01. The summed E-state index contributed by atoms with van der Waals surface area (Å²) in [7, 11) is 0. The number of fused-ring (bicyclic) bond motifs is 1. The van der Waals surface area contributed by atoms with E-state index in [1.807, 2.05) is 31.2 Å². The first-order valence-electron chi connectivity index (χ1n) is 12.2. The molecule has 1 saturated heterocycles. The molecule has 2 N–H and O–H groups in total. The Morgan fingerprint density at radius 2 is 1.68 bits per heavy atom. The van der Waals surface area contributed by atoms with E-state index in [1.54, 1.807) is 41.3 Å². The van der Waals surface area contributed by atoms with E-state index < -0.39 is 0 Å². The van der Waals surface area contributed by atoms with Crippen molar-refractivity contribution in [1.29, 1.82) is 0 Å². The van der Waals surface area contributed by atoms with E-state index in [0.717, 1.165) is 46.1 Å². The van der Waals surface area contributed by atoms with Crippen LogP contribution in [0.3, 0.4) is 0 Å². The van der Waals surface area contributed by atoms with Crippen molar-refractivity contribution in [1.82, 2.24) is 9.88 Å². The lowest BCUT2D eigenvalue weighted by atomic mass is 10.1. The van der Waals surface area contributed by atoms with Crippen LogP contribution in [0.2, 0.25) is 5.02 Å². The first-order valence-corrected chi connectivity index (χ1v) is 14.3. The van der Waals surface area contributed by atoms with Gasteiger partial charge in [-0.1, -0.05) is 41.6 Å². The number of thioether (sulfide) groups is 1. The molecule has 10 heteroatoms. The molecule has 5 rings (SSSR count). The minimum absolute atomic E-state index is 0.109. The van der Waals surface area contributed by atoms with Gasteiger partial charge in [-0.15, -0.1) is 11.3 Å². The van der Waals surface area contributed by atoms with Crippen molar-refractivity contribution >= 4 is 74.0 Å². The van der Waals surface area contributed by atoms with Gasteiger partial charge in [0, 0.05) is 29.5 Å². The number of nitrogens with one attached hydrogen (secondary N) is 2. The summed E-state index contributed by atoms with van der Waals surface area (Å²) >= 11 is 8.93. The number of hydrogen-bond donors (Lipinski definition) is 2. The van der Waals surface area contributed by atoms with Crippen molar-refractivity contribution < 1.29 is 14.4 Å². The van der Waals surface area contributed by atoms with Gasteiger partial charge in [-0.05, 0) is 67.8 Å². The van der Waals surface area contributed by atoms with Crippen LogP contribution in [0.5, 0.6) is 0 Å². The standard InChI is InChI=1S/C28H25ClN4O3S2/c1-17-8-9-18(14-22(17)29)30-25(34)16-37-28-32-23-11-10-19(15-24(23)38-28)31-26(35)20-6-2-3-7-21(20)27(36)33-12-4-5-13-33/h2-3,6-11,14-15H,4-5,12-13,16H2,1H3,(H,30,34)(H,31,35). The number of thiazole rings is 1. The number of aryl methyl sites for hydroxylation is 1. The third kappa shape index (κ3) is 6.01. The molecule has 0 spiro atoms. The quantitative estimate of drug-likeness (QED) is 0.251. The fourth-order valence-electron chi connectivity index (χ4n) is 4.19. The van der Waals surface area contributed by atoms with Gasteiger partial charge in [0.25, 0.3) is 11.8 Å². The molecule has 1 aromatic heterocycles. The summed E-state index contributed by atoms with van der Waals surface area (Å²) in [6.07, 6.45) is 1.98. The highest BCUT2D eigenvalue weighted by Gasteiger charge is 2.24. The fourth-order valence-corrected chi connectivity index (χ4v) is 6.28. The normalized spacial score (nSPS) is 13.1. The number of benzene rings is 3. The average molecular weight is 565 g/mol. The zero-order valence-corrected chi connectivity index (χ0v) is 23.0. The maximum Gasteiger partial charge on any atom is 0.256 e. The lowest BCUT2D eigenvalue weighted by Crippen LogP contribution is -2.29. The van der Waals surface area contributed by atoms with E-state index in [4.69, 9.17) is 11.6 Å². The van der Waals surface area contributed by atoms with Gasteiger partial charge < -0.3 is 15.5 Å². The molecule has 7 nitrogen and oxygen atoms in total. The predicted molar refractivity (Wildman–Crippen MR) is 155 cm³/mol. The molecule has 1 fully saturated rings. The zero-order valence-electron chi connectivity index (χ0n) is 20.6. The summed E-state index contributed by atoms with van der Waals surface area (Å²) in [4.78, 5) is 44.8. The molecule has 4 aromatic rings. The summed E-state index contributed by atoms with van der Waals surface area (Å²) in [5.74, 6) is -0.386. The van der Waals surface area contributed by atoms with Crippen LogP contribution < -0.4 is 10.6 Å². The summed E-state index contributed by atoms with van der Waals surface area (Å²) < 4.78 is 1.64. The number of amides is 3. The van der Waals surface area contributed by atoms with Crippen molar-refractivity contribution in [3.8, 4) is 0 Å². The van der Waals surface area contributed by atoms with Crippen LogP contribution >= 0.6 is 34.7 Å². The monoisotopic (exact) mass is 564 g/mol. The van der Waals surface area contributed by atoms with Gasteiger partial charge in [0.05, 0.1) is 27.1 Å². The molecular weight excluding hydrogens is 540 g/mol. The molecule has 0 aliphatic carbocycles. The van der Waals surface area contributed by atoms with Crippen molar-refractivity contribution in [2.45, 2.75) is 24.1 Å². The highest BCUT2D eigenvalue weighted by atomic mass is 35.5. The van der Waals surface area contributed by atoms with Gasteiger partial charge in [-0.25, -0.2) is 4.98 Å².